The molecule has 0 aliphatic carbocycles. The molecule has 0 bridgehead atoms. The van der Waals surface area contributed by atoms with E-state index in [4.69, 9.17) is 23.2 Å². The van der Waals surface area contributed by atoms with Crippen LogP contribution in [0.2, 0.25) is 10.3 Å². The van der Waals surface area contributed by atoms with Gasteiger partial charge in [-0.1, -0.05) is 23.2 Å². The van der Waals surface area contributed by atoms with Crippen molar-refractivity contribution in [2.75, 3.05) is 0 Å². The molecule has 15 heavy (non-hydrogen) atoms. The number of rotatable bonds is 1. The third-order valence-corrected chi connectivity index (χ3v) is 3.58. The standard InChI is InChI=1S/C8H5Cl2IN4/c1-15-5(9)3-13-8(15)7-12-2-4(11)6(10)14-7/h2-3H,1H3. The van der Waals surface area contributed by atoms with Gasteiger partial charge in [0.15, 0.2) is 11.6 Å². The van der Waals surface area contributed by atoms with E-state index in [1.807, 2.05) is 0 Å². The van der Waals surface area contributed by atoms with E-state index in [-0.39, 0.29) is 0 Å². The minimum absolute atomic E-state index is 0.416. The second kappa shape index (κ2) is 4.23. The van der Waals surface area contributed by atoms with Gasteiger partial charge in [-0.05, 0) is 22.6 Å². The van der Waals surface area contributed by atoms with Gasteiger partial charge in [0.2, 0.25) is 0 Å². The van der Waals surface area contributed by atoms with Crippen molar-refractivity contribution >= 4 is 45.8 Å². The Morgan fingerprint density at radius 2 is 2.00 bits per heavy atom. The van der Waals surface area contributed by atoms with Gasteiger partial charge in [-0.25, -0.2) is 15.0 Å². The van der Waals surface area contributed by atoms with Gasteiger partial charge in [0.1, 0.15) is 10.3 Å². The molecule has 0 amide bonds. The molecule has 0 spiro atoms. The molecule has 0 aliphatic rings. The zero-order chi connectivity index (χ0) is 11.0. The Balaban J connectivity index is 2.55. The largest absolute Gasteiger partial charge is 0.316 e. The Bertz CT molecular complexity index is 511. The van der Waals surface area contributed by atoms with Gasteiger partial charge in [0, 0.05) is 13.2 Å². The van der Waals surface area contributed by atoms with Crippen LogP contribution in [0.4, 0.5) is 0 Å². The Morgan fingerprint density at radius 3 is 2.53 bits per heavy atom. The molecule has 7 heteroatoms. The van der Waals surface area contributed by atoms with Gasteiger partial charge >= 0.3 is 0 Å². The summed E-state index contributed by atoms with van der Waals surface area (Å²) in [6, 6.07) is 0. The first kappa shape index (κ1) is 11.1. The Kier molecular flexibility index (Phi) is 3.13. The van der Waals surface area contributed by atoms with Gasteiger partial charge in [0.25, 0.3) is 0 Å². The van der Waals surface area contributed by atoms with Crippen molar-refractivity contribution in [3.63, 3.8) is 0 Å². The molecular formula is C8H5Cl2IN4. The second-order valence-electron chi connectivity index (χ2n) is 2.80. The van der Waals surface area contributed by atoms with Crippen molar-refractivity contribution in [2.24, 2.45) is 7.05 Å². The lowest BCUT2D eigenvalue weighted by molar-refractivity contribution is 0.906. The maximum absolute atomic E-state index is 5.89. The van der Waals surface area contributed by atoms with Gasteiger partial charge in [0.05, 0.1) is 9.77 Å². The maximum atomic E-state index is 5.89. The fourth-order valence-electron chi connectivity index (χ4n) is 1.05. The summed E-state index contributed by atoms with van der Waals surface area (Å²) in [6.07, 6.45) is 3.19. The molecule has 0 saturated carbocycles. The molecule has 0 atom stereocenters. The number of imidazole rings is 1. The highest BCUT2D eigenvalue weighted by Gasteiger charge is 2.11. The number of halogens is 3. The van der Waals surface area contributed by atoms with Gasteiger partial charge in [-0.3, -0.25) is 0 Å². The van der Waals surface area contributed by atoms with Crippen molar-refractivity contribution in [2.45, 2.75) is 0 Å². The smallest absolute Gasteiger partial charge is 0.197 e. The molecule has 4 nitrogen and oxygen atoms in total. The van der Waals surface area contributed by atoms with Gasteiger partial charge in [-0.2, -0.15) is 0 Å². The molecule has 0 fully saturated rings. The number of hydrogen-bond acceptors (Lipinski definition) is 3. The van der Waals surface area contributed by atoms with E-state index in [1.165, 1.54) is 0 Å². The first-order valence-corrected chi connectivity index (χ1v) is 5.78. The molecule has 2 heterocycles. The van der Waals surface area contributed by atoms with Crippen molar-refractivity contribution in [1.82, 2.24) is 19.5 Å². The third-order valence-electron chi connectivity index (χ3n) is 1.83. The summed E-state index contributed by atoms with van der Waals surface area (Å²) < 4.78 is 2.50. The number of nitrogens with zero attached hydrogens (tertiary/aromatic N) is 4. The molecule has 0 aromatic carbocycles. The Hall–Kier alpha value is -0.400. The molecule has 0 N–H and O–H groups in total. The van der Waals surface area contributed by atoms with Gasteiger partial charge < -0.3 is 4.57 Å². The lowest BCUT2D eigenvalue weighted by Gasteiger charge is -2.01. The van der Waals surface area contributed by atoms with Crippen molar-refractivity contribution in [3.8, 4) is 11.6 Å². The predicted octanol–water partition coefficient (Wildman–Crippen LogP) is 2.79. The average molecular weight is 355 g/mol. The summed E-state index contributed by atoms with van der Waals surface area (Å²) in [6.45, 7) is 0. The third kappa shape index (κ3) is 2.09. The molecule has 0 aliphatic heterocycles. The van der Waals surface area contributed by atoms with E-state index in [0.29, 0.717) is 22.0 Å². The summed E-state index contributed by atoms with van der Waals surface area (Å²) in [5.74, 6) is 1.06. The van der Waals surface area contributed by atoms with Crippen LogP contribution < -0.4 is 0 Å². The van der Waals surface area contributed by atoms with Crippen LogP contribution in [0.3, 0.4) is 0 Å². The highest BCUT2D eigenvalue weighted by Crippen LogP contribution is 2.21. The van der Waals surface area contributed by atoms with Crippen LogP contribution in [0.5, 0.6) is 0 Å². The van der Waals surface area contributed by atoms with Gasteiger partial charge in [-0.15, -0.1) is 0 Å². The van der Waals surface area contributed by atoms with Crippen LogP contribution in [-0.4, -0.2) is 19.5 Å². The maximum Gasteiger partial charge on any atom is 0.197 e. The normalized spacial score (nSPS) is 10.7. The molecular weight excluding hydrogens is 350 g/mol. The lowest BCUT2D eigenvalue weighted by atomic mass is 10.5. The number of hydrogen-bond donors (Lipinski definition) is 0. The van der Waals surface area contributed by atoms with Crippen molar-refractivity contribution in [3.05, 3.63) is 26.3 Å². The molecule has 2 rings (SSSR count). The zero-order valence-electron chi connectivity index (χ0n) is 7.58. The van der Waals surface area contributed by atoms with Crippen LogP contribution in [0.25, 0.3) is 11.6 Å². The van der Waals surface area contributed by atoms with Crippen LogP contribution in [0.15, 0.2) is 12.4 Å². The number of aromatic nitrogens is 4. The van der Waals surface area contributed by atoms with E-state index in [2.05, 4.69) is 37.5 Å². The predicted molar refractivity (Wildman–Crippen MR) is 67.0 cm³/mol. The Labute approximate surface area is 110 Å². The van der Waals surface area contributed by atoms with E-state index in [1.54, 1.807) is 24.0 Å². The molecule has 0 saturated heterocycles. The SMILES string of the molecule is Cn1c(Cl)cnc1-c1ncc(I)c(Cl)n1. The Morgan fingerprint density at radius 1 is 1.27 bits per heavy atom. The zero-order valence-corrected chi connectivity index (χ0v) is 11.2. The fourth-order valence-corrected chi connectivity index (χ4v) is 1.57. The van der Waals surface area contributed by atoms with Crippen LogP contribution >= 0.6 is 45.8 Å². The first-order valence-electron chi connectivity index (χ1n) is 3.95. The molecule has 0 unspecified atom stereocenters. The van der Waals surface area contributed by atoms with Crippen LogP contribution in [0.1, 0.15) is 0 Å². The minimum atomic E-state index is 0.416. The minimum Gasteiger partial charge on any atom is -0.316 e. The topological polar surface area (TPSA) is 43.6 Å². The average Bonchev–Trinajstić information content (AvgIpc) is 2.53. The van der Waals surface area contributed by atoms with E-state index >= 15 is 0 Å². The van der Waals surface area contributed by atoms with Crippen LogP contribution in [0, 0.1) is 3.57 Å². The highest BCUT2D eigenvalue weighted by molar-refractivity contribution is 14.1. The summed E-state index contributed by atoms with van der Waals surface area (Å²) in [5.41, 5.74) is 0. The molecule has 2 aromatic heterocycles. The summed E-state index contributed by atoms with van der Waals surface area (Å²) in [4.78, 5) is 12.4. The molecule has 2 aromatic rings. The van der Waals surface area contributed by atoms with E-state index in [0.717, 1.165) is 3.57 Å². The lowest BCUT2D eigenvalue weighted by Crippen LogP contribution is -1.98. The van der Waals surface area contributed by atoms with Crippen LogP contribution in [-0.2, 0) is 7.05 Å². The monoisotopic (exact) mass is 354 g/mol. The highest BCUT2D eigenvalue weighted by atomic mass is 127. The van der Waals surface area contributed by atoms with Crippen molar-refractivity contribution < 1.29 is 0 Å². The van der Waals surface area contributed by atoms with Crippen molar-refractivity contribution in [1.29, 1.82) is 0 Å². The molecule has 0 radical (unpaired) electrons. The summed E-state index contributed by atoms with van der Waals surface area (Å²) in [7, 11) is 1.79. The fraction of sp³-hybridized carbons (Fsp3) is 0.125. The van der Waals surface area contributed by atoms with E-state index < -0.39 is 0 Å². The second-order valence-corrected chi connectivity index (χ2v) is 4.70. The quantitative estimate of drug-likeness (QED) is 0.584. The summed E-state index contributed by atoms with van der Waals surface area (Å²) in [5, 5.41) is 0.947. The van der Waals surface area contributed by atoms with E-state index in [9.17, 15) is 0 Å². The summed E-state index contributed by atoms with van der Waals surface area (Å²) >= 11 is 13.8. The molecule has 78 valence electrons. The first-order chi connectivity index (χ1) is 7.09.